The Morgan fingerprint density at radius 2 is 2.31 bits per heavy atom. The fraction of sp³-hybridized carbons (Fsp3) is 0.222. The molecule has 4 heteroatoms. The summed E-state index contributed by atoms with van der Waals surface area (Å²) in [7, 11) is 0. The van der Waals surface area contributed by atoms with Crippen LogP contribution in [-0.2, 0) is 11.2 Å². The van der Waals surface area contributed by atoms with Crippen LogP contribution >= 0.6 is 11.6 Å². The zero-order valence-electron chi connectivity index (χ0n) is 9.16. The van der Waals surface area contributed by atoms with Gasteiger partial charge in [-0.2, -0.15) is 0 Å². The number of rotatable bonds is 3. The smallest absolute Gasteiger partial charge is 0.550 e. The number of benzene rings is 1. The zero-order valence-corrected chi connectivity index (χ0v) is 11.0. The average molecular weight is 225 g/mol. The Kier molecular flexibility index (Phi) is 5.45. The molecule has 0 fully saturated rings. The average Bonchev–Trinajstić information content (AvgIpc) is 2.15. The van der Waals surface area contributed by atoms with Gasteiger partial charge in [-0.3, -0.25) is 0 Å². The molecule has 0 radical (unpaired) electrons. The van der Waals surface area contributed by atoms with E-state index < -0.39 is 18.8 Å². The van der Waals surface area contributed by atoms with Crippen molar-refractivity contribution < 1.29 is 64.0 Å². The van der Waals surface area contributed by atoms with Crippen molar-refractivity contribution in [2.45, 2.75) is 12.8 Å². The van der Waals surface area contributed by atoms with Crippen molar-refractivity contribution >= 4 is 17.6 Å². The van der Waals surface area contributed by atoms with Gasteiger partial charge in [0.25, 0.3) is 0 Å². The summed E-state index contributed by atoms with van der Waals surface area (Å²) in [6.07, 6.45) is -2.76. The first-order valence-electron chi connectivity index (χ1n) is 4.48. The molecule has 0 aromatic heterocycles. The number of hydrogen-bond acceptors (Lipinski definition) is 2. The van der Waals surface area contributed by atoms with Gasteiger partial charge in [-0.05, 0) is 30.5 Å². The topological polar surface area (TPSA) is 40.1 Å². The van der Waals surface area contributed by atoms with Crippen LogP contribution in [0.3, 0.4) is 0 Å². The van der Waals surface area contributed by atoms with E-state index in [4.69, 9.17) is 14.3 Å². The molecule has 0 N–H and O–H groups in total. The van der Waals surface area contributed by atoms with Gasteiger partial charge in [0.1, 0.15) is 0 Å². The molecule has 1 aromatic carbocycles. The van der Waals surface area contributed by atoms with E-state index in [9.17, 15) is 9.90 Å². The standard InChI is InChI=1S/C9H9ClO2.K/c10-8-3-1-2-7(6-8)4-5-9(11)12;/h1-3,6H,4-5H2,(H,11,12);/q;+1/p-1/i4D,5D;. The molecule has 2 atom stereocenters. The number of carbonyl (C=O) groups is 1. The van der Waals surface area contributed by atoms with Crippen molar-refractivity contribution in [2.75, 3.05) is 0 Å². The van der Waals surface area contributed by atoms with Gasteiger partial charge in [0, 0.05) is 13.7 Å². The third kappa shape index (κ3) is 5.83. The zero-order chi connectivity index (χ0) is 10.7. The molecule has 2 nitrogen and oxygen atoms in total. The fourth-order valence-corrected chi connectivity index (χ4v) is 0.973. The van der Waals surface area contributed by atoms with E-state index in [1.54, 1.807) is 18.2 Å². The second-order valence-corrected chi connectivity index (χ2v) is 2.64. The van der Waals surface area contributed by atoms with Gasteiger partial charge in [0.05, 0.1) is 0 Å². The van der Waals surface area contributed by atoms with Gasteiger partial charge in [0.2, 0.25) is 0 Å². The van der Waals surface area contributed by atoms with E-state index in [0.717, 1.165) is 0 Å². The second-order valence-electron chi connectivity index (χ2n) is 2.21. The number of carbonyl (C=O) groups excluding carboxylic acids is 1. The SMILES string of the molecule is [2H]C(C(=O)[O-])C([2H])c1cccc(Cl)c1.[K+]. The van der Waals surface area contributed by atoms with Crippen molar-refractivity contribution in [3.8, 4) is 0 Å². The molecule has 1 aromatic rings. The van der Waals surface area contributed by atoms with Crippen molar-refractivity contribution in [1.82, 2.24) is 0 Å². The maximum absolute atomic E-state index is 10.3. The molecule has 1 rings (SSSR count). The minimum atomic E-state index is -1.59. The van der Waals surface area contributed by atoms with E-state index in [1.165, 1.54) is 6.07 Å². The molecule has 0 aliphatic rings. The third-order valence-electron chi connectivity index (χ3n) is 1.26. The summed E-state index contributed by atoms with van der Waals surface area (Å²) in [4.78, 5) is 10.3. The fourth-order valence-electron chi connectivity index (χ4n) is 0.775. The van der Waals surface area contributed by atoms with Crippen LogP contribution in [0.4, 0.5) is 0 Å². The predicted molar refractivity (Wildman–Crippen MR) is 44.8 cm³/mol. The van der Waals surface area contributed by atoms with Crippen LogP contribution in [0.5, 0.6) is 0 Å². The van der Waals surface area contributed by atoms with Crippen molar-refractivity contribution in [1.29, 1.82) is 0 Å². The van der Waals surface area contributed by atoms with Gasteiger partial charge in [-0.1, -0.05) is 23.7 Å². The molecule has 0 amide bonds. The maximum Gasteiger partial charge on any atom is 1.00 e. The van der Waals surface area contributed by atoms with Gasteiger partial charge < -0.3 is 9.90 Å². The van der Waals surface area contributed by atoms with Crippen LogP contribution < -0.4 is 56.5 Å². The number of hydrogen-bond donors (Lipinski definition) is 0. The summed E-state index contributed by atoms with van der Waals surface area (Å²) in [5.41, 5.74) is 0.404. The summed E-state index contributed by atoms with van der Waals surface area (Å²) in [6, 6.07) is 6.27. The maximum atomic E-state index is 10.3. The van der Waals surface area contributed by atoms with Crippen LogP contribution in [0.25, 0.3) is 0 Å². The number of aryl methyl sites for hydroxylation is 1. The van der Waals surface area contributed by atoms with Crippen LogP contribution in [0.15, 0.2) is 24.3 Å². The number of carboxylic acids is 1. The van der Waals surface area contributed by atoms with E-state index in [1.807, 2.05) is 0 Å². The van der Waals surface area contributed by atoms with Gasteiger partial charge >= 0.3 is 51.4 Å². The van der Waals surface area contributed by atoms with E-state index in [0.29, 0.717) is 10.6 Å². The molecule has 0 aliphatic carbocycles. The molecule has 0 saturated heterocycles. The molecule has 13 heavy (non-hydrogen) atoms. The molecule has 0 aliphatic heterocycles. The van der Waals surface area contributed by atoms with Crippen molar-refractivity contribution in [2.24, 2.45) is 0 Å². The van der Waals surface area contributed by atoms with Crippen LogP contribution in [0.2, 0.25) is 5.02 Å². The first-order valence-corrected chi connectivity index (χ1v) is 3.71. The Morgan fingerprint density at radius 3 is 2.85 bits per heavy atom. The quantitative estimate of drug-likeness (QED) is 0.559. The summed E-state index contributed by atoms with van der Waals surface area (Å²) in [6.45, 7) is 0. The van der Waals surface area contributed by atoms with Crippen molar-refractivity contribution in [3.05, 3.63) is 34.9 Å². The van der Waals surface area contributed by atoms with Gasteiger partial charge in [-0.15, -0.1) is 0 Å². The van der Waals surface area contributed by atoms with E-state index in [2.05, 4.69) is 0 Å². The summed E-state index contributed by atoms with van der Waals surface area (Å²) < 4.78 is 14.6. The molecule has 2 unspecified atom stereocenters. The number of carboxylic acid groups (broad SMARTS) is 1. The van der Waals surface area contributed by atoms with Gasteiger partial charge in [0.15, 0.2) is 0 Å². The Bertz CT molecular complexity index is 349. The Hall–Kier alpha value is 0.616. The summed E-state index contributed by atoms with van der Waals surface area (Å²) >= 11 is 5.67. The molecule has 0 bridgehead atoms. The van der Waals surface area contributed by atoms with Crippen LogP contribution in [0.1, 0.15) is 14.7 Å². The largest absolute Gasteiger partial charge is 1.00 e. The van der Waals surface area contributed by atoms with Crippen molar-refractivity contribution in [3.63, 3.8) is 0 Å². The monoisotopic (exact) mass is 224 g/mol. The Morgan fingerprint density at radius 1 is 1.62 bits per heavy atom. The molecule has 64 valence electrons. The second kappa shape index (κ2) is 6.98. The molecule has 0 heterocycles. The minimum Gasteiger partial charge on any atom is -0.550 e. The normalized spacial score (nSPS) is 16.1. The van der Waals surface area contributed by atoms with E-state index >= 15 is 0 Å². The molecular weight excluding hydrogens is 215 g/mol. The summed E-state index contributed by atoms with van der Waals surface area (Å²) in [5.74, 6) is -1.55. The Labute approximate surface area is 128 Å². The Balaban J connectivity index is 0.00000196. The molecule has 0 spiro atoms. The first kappa shape index (κ1) is 10.1. The first-order chi connectivity index (χ1) is 6.52. The molecular formula is C9H8ClKO2. The van der Waals surface area contributed by atoms with Gasteiger partial charge in [-0.25, -0.2) is 0 Å². The minimum absolute atomic E-state index is 0. The van der Waals surface area contributed by atoms with E-state index in [-0.39, 0.29) is 51.4 Å². The summed E-state index contributed by atoms with van der Waals surface area (Å²) in [5, 5.41) is 10.8. The predicted octanol–water partition coefficient (Wildman–Crippen LogP) is -1.97. The number of halogens is 1. The van der Waals surface area contributed by atoms with Crippen LogP contribution in [0, 0.1) is 0 Å². The molecule has 0 saturated carbocycles. The van der Waals surface area contributed by atoms with Crippen LogP contribution in [-0.4, -0.2) is 5.97 Å². The third-order valence-corrected chi connectivity index (χ3v) is 1.50. The number of aliphatic carboxylic acids is 1.